The molecule has 0 aromatic carbocycles. The molecule has 3 heterocycles. The summed E-state index contributed by atoms with van der Waals surface area (Å²) in [6, 6.07) is -0.118. The zero-order chi connectivity index (χ0) is 19.9. The molecule has 148 valence electrons. The number of hydrazone groups is 1. The van der Waals surface area contributed by atoms with Gasteiger partial charge < -0.3 is 4.74 Å². The van der Waals surface area contributed by atoms with Crippen LogP contribution in [0.25, 0.3) is 11.2 Å². The minimum atomic E-state index is -0.336. The number of aromatic nitrogens is 4. The quantitative estimate of drug-likeness (QED) is 0.759. The molecule has 2 aromatic rings. The van der Waals surface area contributed by atoms with E-state index in [0.717, 1.165) is 12.1 Å². The lowest BCUT2D eigenvalue weighted by atomic mass is 10.1. The molecule has 1 aliphatic rings. The molecule has 0 radical (unpaired) electrons. The maximum atomic E-state index is 13.2. The Morgan fingerprint density at radius 1 is 1.22 bits per heavy atom. The van der Waals surface area contributed by atoms with Gasteiger partial charge in [-0.05, 0) is 26.2 Å². The molecule has 0 spiro atoms. The molecule has 27 heavy (non-hydrogen) atoms. The summed E-state index contributed by atoms with van der Waals surface area (Å²) < 4.78 is 9.84. The number of nitrogens with zero attached hydrogens (tertiary/aromatic N) is 6. The summed E-state index contributed by atoms with van der Waals surface area (Å²) in [6.07, 6.45) is 0.762. The van der Waals surface area contributed by atoms with Crippen LogP contribution in [-0.2, 0) is 18.3 Å². The molecular weight excluding hydrogens is 348 g/mol. The van der Waals surface area contributed by atoms with E-state index in [2.05, 4.69) is 23.9 Å². The molecule has 1 unspecified atom stereocenters. The van der Waals surface area contributed by atoms with Gasteiger partial charge in [-0.3, -0.25) is 18.5 Å². The van der Waals surface area contributed by atoms with Gasteiger partial charge in [-0.2, -0.15) is 10.1 Å². The topological polar surface area (TPSA) is 86.7 Å². The first-order chi connectivity index (χ1) is 12.8. The monoisotopic (exact) mass is 376 g/mol. The number of anilines is 1. The molecule has 0 N–H and O–H groups in total. The van der Waals surface area contributed by atoms with Gasteiger partial charge in [0.25, 0.3) is 5.56 Å². The highest BCUT2D eigenvalue weighted by atomic mass is 16.5. The third kappa shape index (κ3) is 3.20. The van der Waals surface area contributed by atoms with Gasteiger partial charge in [0.1, 0.15) is 0 Å². The number of ether oxygens (including phenoxy) is 1. The van der Waals surface area contributed by atoms with Crippen molar-refractivity contribution in [2.75, 3.05) is 25.3 Å². The van der Waals surface area contributed by atoms with E-state index in [1.54, 1.807) is 19.2 Å². The first-order valence-corrected chi connectivity index (χ1v) is 9.31. The van der Waals surface area contributed by atoms with Crippen LogP contribution in [0.3, 0.4) is 0 Å². The zero-order valence-electron chi connectivity index (χ0n) is 16.9. The molecular formula is C18H28N6O3. The Bertz CT molecular complexity index is 997. The van der Waals surface area contributed by atoms with Crippen LogP contribution < -0.4 is 16.3 Å². The highest BCUT2D eigenvalue weighted by Crippen LogP contribution is 2.29. The first-order valence-electron chi connectivity index (χ1n) is 9.31. The van der Waals surface area contributed by atoms with Crippen molar-refractivity contribution in [1.29, 1.82) is 0 Å². The standard InChI is InChI=1S/C18H28N6O3/c1-11(2)7-8-22-16(25)14-15(21(5)18(22)26)19-17-23(9-10-27-6)20-12(3)13(4)24(14)17/h11,13H,7-10H2,1-6H3. The van der Waals surface area contributed by atoms with Gasteiger partial charge in [-0.1, -0.05) is 13.8 Å². The Balaban J connectivity index is 2.26. The van der Waals surface area contributed by atoms with Crippen LogP contribution in [0.4, 0.5) is 5.95 Å². The largest absolute Gasteiger partial charge is 0.383 e. The number of fused-ring (bicyclic) bond motifs is 3. The van der Waals surface area contributed by atoms with Crippen LogP contribution in [0.15, 0.2) is 14.7 Å². The van der Waals surface area contributed by atoms with Crippen LogP contribution in [0.2, 0.25) is 0 Å². The van der Waals surface area contributed by atoms with Crippen LogP contribution in [0.1, 0.15) is 40.2 Å². The van der Waals surface area contributed by atoms with Crippen molar-refractivity contribution >= 4 is 22.8 Å². The van der Waals surface area contributed by atoms with Gasteiger partial charge in [0.15, 0.2) is 11.2 Å². The minimum Gasteiger partial charge on any atom is -0.383 e. The minimum absolute atomic E-state index is 0.118. The van der Waals surface area contributed by atoms with Crippen molar-refractivity contribution < 1.29 is 4.74 Å². The predicted octanol–water partition coefficient (Wildman–Crippen LogP) is 1.35. The second kappa shape index (κ2) is 7.30. The van der Waals surface area contributed by atoms with E-state index in [1.165, 1.54) is 9.13 Å². The molecule has 0 amide bonds. The fourth-order valence-electron chi connectivity index (χ4n) is 3.29. The molecule has 1 atom stereocenters. The van der Waals surface area contributed by atoms with Crippen molar-refractivity contribution in [3.8, 4) is 0 Å². The zero-order valence-corrected chi connectivity index (χ0v) is 16.9. The van der Waals surface area contributed by atoms with E-state index in [-0.39, 0.29) is 17.3 Å². The van der Waals surface area contributed by atoms with E-state index >= 15 is 0 Å². The van der Waals surface area contributed by atoms with Gasteiger partial charge in [0, 0.05) is 20.7 Å². The van der Waals surface area contributed by atoms with Crippen LogP contribution in [0.5, 0.6) is 0 Å². The molecule has 3 rings (SSSR count). The molecule has 0 bridgehead atoms. The molecule has 9 heteroatoms. The lowest BCUT2D eigenvalue weighted by Crippen LogP contribution is -2.40. The molecule has 0 aliphatic carbocycles. The van der Waals surface area contributed by atoms with Crippen molar-refractivity contribution in [3.05, 3.63) is 20.8 Å². The summed E-state index contributed by atoms with van der Waals surface area (Å²) in [5.74, 6) is 0.961. The predicted molar refractivity (Wildman–Crippen MR) is 106 cm³/mol. The third-order valence-corrected chi connectivity index (χ3v) is 5.10. The molecule has 0 fully saturated rings. The fourth-order valence-corrected chi connectivity index (χ4v) is 3.29. The van der Waals surface area contributed by atoms with Crippen molar-refractivity contribution in [2.24, 2.45) is 18.1 Å². The van der Waals surface area contributed by atoms with Gasteiger partial charge in [0.2, 0.25) is 5.95 Å². The van der Waals surface area contributed by atoms with Crippen LogP contribution >= 0.6 is 0 Å². The molecule has 0 saturated carbocycles. The van der Waals surface area contributed by atoms with E-state index in [4.69, 9.17) is 4.74 Å². The molecule has 1 aliphatic heterocycles. The summed E-state index contributed by atoms with van der Waals surface area (Å²) in [6.45, 7) is 9.45. The van der Waals surface area contributed by atoms with Gasteiger partial charge in [-0.25, -0.2) is 9.80 Å². The Morgan fingerprint density at radius 2 is 1.93 bits per heavy atom. The first kappa shape index (κ1) is 19.3. The Hall–Kier alpha value is -2.42. The maximum absolute atomic E-state index is 13.2. The second-order valence-corrected chi connectivity index (χ2v) is 7.47. The number of hydrogen-bond donors (Lipinski definition) is 0. The highest BCUT2D eigenvalue weighted by molar-refractivity contribution is 5.91. The third-order valence-electron chi connectivity index (χ3n) is 5.10. The van der Waals surface area contributed by atoms with E-state index in [9.17, 15) is 9.59 Å². The number of rotatable bonds is 6. The van der Waals surface area contributed by atoms with E-state index in [0.29, 0.717) is 42.7 Å². The van der Waals surface area contributed by atoms with E-state index < -0.39 is 0 Å². The van der Waals surface area contributed by atoms with E-state index in [1.807, 2.05) is 18.4 Å². The Labute approximate surface area is 157 Å². The summed E-state index contributed by atoms with van der Waals surface area (Å²) in [5.41, 5.74) is 1.08. The van der Waals surface area contributed by atoms with Crippen LogP contribution in [-0.4, -0.2) is 44.7 Å². The van der Waals surface area contributed by atoms with Gasteiger partial charge in [0.05, 0.1) is 24.9 Å². The second-order valence-electron chi connectivity index (χ2n) is 7.47. The Kier molecular flexibility index (Phi) is 5.23. The summed E-state index contributed by atoms with van der Waals surface area (Å²) in [5, 5.41) is 6.33. The maximum Gasteiger partial charge on any atom is 0.332 e. The SMILES string of the molecule is COCCN1N=C(C)C(C)n2c1nc1c2c(=O)n(CCC(C)C)c(=O)n1C. The lowest BCUT2D eigenvalue weighted by Gasteiger charge is -2.29. The highest BCUT2D eigenvalue weighted by Gasteiger charge is 2.30. The molecule has 0 saturated heterocycles. The summed E-state index contributed by atoms with van der Waals surface area (Å²) in [4.78, 5) is 30.6. The number of hydrogen-bond acceptors (Lipinski definition) is 6. The number of imidazole rings is 1. The lowest BCUT2D eigenvalue weighted by molar-refractivity contribution is 0.204. The fraction of sp³-hybridized carbons (Fsp3) is 0.667. The molecule has 9 nitrogen and oxygen atoms in total. The van der Waals surface area contributed by atoms with Crippen LogP contribution in [0, 0.1) is 5.92 Å². The molecule has 2 aromatic heterocycles. The van der Waals surface area contributed by atoms with Crippen molar-refractivity contribution in [2.45, 2.75) is 46.7 Å². The smallest absolute Gasteiger partial charge is 0.332 e. The number of aryl methyl sites for hydroxylation is 1. The van der Waals surface area contributed by atoms with Gasteiger partial charge >= 0.3 is 5.69 Å². The van der Waals surface area contributed by atoms with Crippen molar-refractivity contribution in [1.82, 2.24) is 18.7 Å². The summed E-state index contributed by atoms with van der Waals surface area (Å²) in [7, 11) is 3.29. The average molecular weight is 376 g/mol. The normalized spacial score (nSPS) is 16.9. The Morgan fingerprint density at radius 3 is 2.56 bits per heavy atom. The van der Waals surface area contributed by atoms with Gasteiger partial charge in [-0.15, -0.1) is 0 Å². The average Bonchev–Trinajstić information content (AvgIpc) is 3.02. The van der Waals surface area contributed by atoms with Crippen molar-refractivity contribution in [3.63, 3.8) is 0 Å². The number of methoxy groups -OCH3 is 1. The summed E-state index contributed by atoms with van der Waals surface area (Å²) >= 11 is 0.